The van der Waals surface area contributed by atoms with E-state index in [-0.39, 0.29) is 23.1 Å². The molecule has 13 heteroatoms. The van der Waals surface area contributed by atoms with Crippen LogP contribution in [-0.4, -0.2) is 73.9 Å². The van der Waals surface area contributed by atoms with E-state index in [2.05, 4.69) is 15.3 Å². The van der Waals surface area contributed by atoms with Crippen LogP contribution in [0.4, 0.5) is 0 Å². The quantitative estimate of drug-likeness (QED) is 0.601. The van der Waals surface area contributed by atoms with Crippen LogP contribution in [0.5, 0.6) is 0 Å². The van der Waals surface area contributed by atoms with E-state index in [4.69, 9.17) is 4.74 Å². The van der Waals surface area contributed by atoms with Crippen LogP contribution in [0, 0.1) is 0 Å². The number of nitrogens with zero attached hydrogens (tertiary/aromatic N) is 6. The van der Waals surface area contributed by atoms with Crippen molar-refractivity contribution in [1.29, 1.82) is 0 Å². The Labute approximate surface area is 139 Å². The third kappa shape index (κ3) is 3.11. The lowest BCUT2D eigenvalue weighted by Crippen LogP contribution is -2.34. The van der Waals surface area contributed by atoms with E-state index in [1.165, 1.54) is 10.6 Å². The lowest BCUT2D eigenvalue weighted by Gasteiger charge is -2.17. The molecule has 132 valence electrons. The van der Waals surface area contributed by atoms with Gasteiger partial charge in [0, 0.05) is 36.8 Å². The van der Waals surface area contributed by atoms with Crippen molar-refractivity contribution in [3.63, 3.8) is 0 Å². The molecular weight excluding hydrogens is 360 g/mol. The summed E-state index contributed by atoms with van der Waals surface area (Å²) in [6.07, 6.45) is 3.08. The molecule has 1 unspecified atom stereocenters. The number of rotatable bonds is 4. The maximum absolute atomic E-state index is 12.8. The smallest absolute Gasteiger partial charge is 0.353 e. The molecule has 3 rings (SSSR count). The van der Waals surface area contributed by atoms with E-state index in [0.717, 1.165) is 15.4 Å². The molecule has 2 aromatic rings. The number of hydrogen-bond acceptors (Lipinski definition) is 8. The molecule has 24 heavy (non-hydrogen) atoms. The van der Waals surface area contributed by atoms with Crippen molar-refractivity contribution in [1.82, 2.24) is 28.7 Å². The van der Waals surface area contributed by atoms with Gasteiger partial charge in [0.15, 0.2) is 0 Å². The lowest BCUT2D eigenvalue weighted by molar-refractivity contribution is 0.148. The average molecular weight is 376 g/mol. The third-order valence-electron chi connectivity index (χ3n) is 3.45. The fraction of sp³-hybridized carbons (Fsp3) is 0.636. The number of hydrogen-bond donors (Lipinski definition) is 0. The van der Waals surface area contributed by atoms with Crippen molar-refractivity contribution in [2.75, 3.05) is 32.6 Å². The summed E-state index contributed by atoms with van der Waals surface area (Å²) in [6, 6.07) is 0. The van der Waals surface area contributed by atoms with Crippen molar-refractivity contribution in [3.05, 3.63) is 16.8 Å². The SMILES string of the molecule is CS(=O)Cn1nnc2c(S(=O)(=O)N3CCCOCC3)ncn2c1=O. The first kappa shape index (κ1) is 17.1. The second kappa shape index (κ2) is 6.66. The van der Waals surface area contributed by atoms with E-state index in [0.29, 0.717) is 26.2 Å². The molecule has 1 saturated heterocycles. The summed E-state index contributed by atoms with van der Waals surface area (Å²) in [6.45, 7) is 1.31. The molecule has 0 spiro atoms. The van der Waals surface area contributed by atoms with Gasteiger partial charge in [-0.05, 0) is 6.42 Å². The van der Waals surface area contributed by atoms with Gasteiger partial charge in [-0.25, -0.2) is 22.6 Å². The molecule has 1 fully saturated rings. The van der Waals surface area contributed by atoms with E-state index in [1.54, 1.807) is 0 Å². The maximum atomic E-state index is 12.8. The highest BCUT2D eigenvalue weighted by Crippen LogP contribution is 2.18. The fourth-order valence-corrected chi connectivity index (χ4v) is 4.32. The number of sulfonamides is 1. The topological polar surface area (TPSA) is 129 Å². The van der Waals surface area contributed by atoms with E-state index in [1.807, 2.05) is 0 Å². The molecule has 1 aliphatic rings. The minimum atomic E-state index is -3.91. The van der Waals surface area contributed by atoms with E-state index < -0.39 is 26.5 Å². The summed E-state index contributed by atoms with van der Waals surface area (Å²) in [5.74, 6) is -0.133. The molecule has 2 aromatic heterocycles. The summed E-state index contributed by atoms with van der Waals surface area (Å²) in [4.78, 5) is 16.1. The van der Waals surface area contributed by atoms with Gasteiger partial charge in [0.05, 0.1) is 6.61 Å². The Morgan fingerprint density at radius 3 is 2.88 bits per heavy atom. The van der Waals surface area contributed by atoms with Crippen LogP contribution in [-0.2, 0) is 31.4 Å². The number of aromatic nitrogens is 5. The molecule has 0 bridgehead atoms. The van der Waals surface area contributed by atoms with Crippen LogP contribution in [0.2, 0.25) is 0 Å². The first-order valence-electron chi connectivity index (χ1n) is 7.10. The fourth-order valence-electron chi connectivity index (χ4n) is 2.34. The van der Waals surface area contributed by atoms with Crippen molar-refractivity contribution in [2.24, 2.45) is 0 Å². The van der Waals surface area contributed by atoms with Gasteiger partial charge in [-0.3, -0.25) is 4.21 Å². The van der Waals surface area contributed by atoms with E-state index in [9.17, 15) is 17.4 Å². The van der Waals surface area contributed by atoms with Crippen LogP contribution in [0.25, 0.3) is 5.65 Å². The zero-order chi connectivity index (χ0) is 17.3. The third-order valence-corrected chi connectivity index (χ3v) is 5.88. The van der Waals surface area contributed by atoms with Gasteiger partial charge in [-0.2, -0.15) is 8.99 Å². The van der Waals surface area contributed by atoms with Gasteiger partial charge < -0.3 is 4.74 Å². The summed E-state index contributed by atoms with van der Waals surface area (Å²) >= 11 is 0. The van der Waals surface area contributed by atoms with Gasteiger partial charge in [0.1, 0.15) is 12.2 Å². The maximum Gasteiger partial charge on any atom is 0.353 e. The molecule has 0 N–H and O–H groups in total. The Bertz CT molecular complexity index is 928. The Kier molecular flexibility index (Phi) is 4.76. The second-order valence-electron chi connectivity index (χ2n) is 5.19. The molecule has 0 amide bonds. The number of imidazole rings is 1. The normalized spacial score (nSPS) is 18.5. The molecule has 0 aromatic carbocycles. The number of ether oxygens (including phenoxy) is 1. The molecule has 1 atom stereocenters. The Morgan fingerprint density at radius 2 is 2.12 bits per heavy atom. The van der Waals surface area contributed by atoms with Crippen LogP contribution in [0.15, 0.2) is 16.1 Å². The Morgan fingerprint density at radius 1 is 1.33 bits per heavy atom. The van der Waals surface area contributed by atoms with Crippen LogP contribution >= 0.6 is 0 Å². The van der Waals surface area contributed by atoms with Gasteiger partial charge in [-0.15, -0.1) is 5.10 Å². The Hall–Kier alpha value is -1.70. The zero-order valence-corrected chi connectivity index (χ0v) is 14.5. The second-order valence-corrected chi connectivity index (χ2v) is 8.45. The van der Waals surface area contributed by atoms with Gasteiger partial charge in [0.25, 0.3) is 10.0 Å². The summed E-state index contributed by atoms with van der Waals surface area (Å²) in [7, 11) is -5.21. The van der Waals surface area contributed by atoms with Crippen LogP contribution in [0.3, 0.4) is 0 Å². The summed E-state index contributed by atoms with van der Waals surface area (Å²) < 4.78 is 45.2. The van der Waals surface area contributed by atoms with Crippen molar-refractivity contribution >= 4 is 26.5 Å². The summed E-state index contributed by atoms with van der Waals surface area (Å²) in [5.41, 5.74) is -0.799. The van der Waals surface area contributed by atoms with Gasteiger partial charge >= 0.3 is 5.69 Å². The molecule has 11 nitrogen and oxygen atoms in total. The highest BCUT2D eigenvalue weighted by atomic mass is 32.2. The molecule has 0 aliphatic carbocycles. The predicted octanol–water partition coefficient (Wildman–Crippen LogP) is -1.97. The molecular formula is C11H16N6O5S2. The summed E-state index contributed by atoms with van der Waals surface area (Å²) in [5, 5.41) is 7.11. The van der Waals surface area contributed by atoms with Crippen molar-refractivity contribution in [3.8, 4) is 0 Å². The molecule has 0 radical (unpaired) electrons. The average Bonchev–Trinajstić information content (AvgIpc) is 2.77. The lowest BCUT2D eigenvalue weighted by atomic mass is 10.5. The first-order chi connectivity index (χ1) is 11.4. The molecule has 3 heterocycles. The molecule has 0 saturated carbocycles. The van der Waals surface area contributed by atoms with Crippen LogP contribution in [0.1, 0.15) is 6.42 Å². The highest BCUT2D eigenvalue weighted by molar-refractivity contribution is 7.89. The van der Waals surface area contributed by atoms with Gasteiger partial charge in [0.2, 0.25) is 10.7 Å². The minimum Gasteiger partial charge on any atom is -0.380 e. The standard InChI is InChI=1S/C11H16N6O5S2/c1-23(19)8-17-11(18)16-7-12-10(9(16)13-14-17)24(20,21)15-3-2-5-22-6-4-15/h7H,2-6,8H2,1H3. The highest BCUT2D eigenvalue weighted by Gasteiger charge is 2.31. The number of fused-ring (bicyclic) bond motifs is 1. The van der Waals surface area contributed by atoms with Crippen molar-refractivity contribution < 1.29 is 17.4 Å². The predicted molar refractivity (Wildman–Crippen MR) is 83.3 cm³/mol. The van der Waals surface area contributed by atoms with Crippen LogP contribution < -0.4 is 5.69 Å². The largest absolute Gasteiger partial charge is 0.380 e. The zero-order valence-electron chi connectivity index (χ0n) is 12.9. The first-order valence-corrected chi connectivity index (χ1v) is 10.3. The monoisotopic (exact) mass is 376 g/mol. The van der Waals surface area contributed by atoms with Crippen molar-refractivity contribution in [2.45, 2.75) is 17.3 Å². The Balaban J connectivity index is 2.05. The van der Waals surface area contributed by atoms with E-state index >= 15 is 0 Å². The van der Waals surface area contributed by atoms with Gasteiger partial charge in [-0.1, -0.05) is 5.21 Å². The molecule has 1 aliphatic heterocycles. The minimum absolute atomic E-state index is 0.133.